The van der Waals surface area contributed by atoms with E-state index < -0.39 is 24.0 Å². The highest BCUT2D eigenvalue weighted by molar-refractivity contribution is 8.76. The van der Waals surface area contributed by atoms with Gasteiger partial charge in [0.25, 0.3) is 0 Å². The molecule has 6 nitrogen and oxygen atoms in total. The Balaban J connectivity index is 3.74. The molecule has 0 rings (SSSR count). The van der Waals surface area contributed by atoms with Crippen LogP contribution in [0.15, 0.2) is 0 Å². The highest BCUT2D eigenvalue weighted by Crippen LogP contribution is 2.22. The zero-order chi connectivity index (χ0) is 14.8. The molecule has 0 bridgehead atoms. The maximum absolute atomic E-state index is 11.4. The Morgan fingerprint density at radius 1 is 1.05 bits per heavy atom. The molecule has 0 aromatic heterocycles. The van der Waals surface area contributed by atoms with Gasteiger partial charge in [0.1, 0.15) is 12.1 Å². The molecule has 0 saturated carbocycles. The molecule has 0 amide bonds. The Morgan fingerprint density at radius 2 is 1.53 bits per heavy atom. The molecule has 0 aliphatic carbocycles. The van der Waals surface area contributed by atoms with Gasteiger partial charge in [-0.05, 0) is 20.8 Å². The lowest BCUT2D eigenvalue weighted by atomic mass is 10.3. The molecule has 4 N–H and O–H groups in total. The fraction of sp³-hybridized carbons (Fsp3) is 0.818. The molecule has 2 unspecified atom stereocenters. The van der Waals surface area contributed by atoms with E-state index in [1.165, 1.54) is 21.6 Å². The second kappa shape index (κ2) is 10.4. The average molecular weight is 310 g/mol. The molecule has 0 fully saturated rings. The van der Waals surface area contributed by atoms with E-state index in [1.54, 1.807) is 20.8 Å². The number of carbonyl (C=O) groups is 2. The van der Waals surface area contributed by atoms with E-state index in [0.717, 1.165) is 0 Å². The molecular formula is C11H22N2O4S2. The van der Waals surface area contributed by atoms with E-state index in [-0.39, 0.29) is 6.10 Å². The minimum atomic E-state index is -0.668. The predicted octanol–water partition coefficient (Wildman–Crippen LogP) is 0.537. The lowest BCUT2D eigenvalue weighted by Crippen LogP contribution is -2.36. The van der Waals surface area contributed by atoms with Gasteiger partial charge in [0.05, 0.1) is 12.7 Å². The van der Waals surface area contributed by atoms with Crippen molar-refractivity contribution < 1.29 is 19.1 Å². The first-order valence-electron chi connectivity index (χ1n) is 6.01. The minimum Gasteiger partial charge on any atom is -0.465 e. The summed E-state index contributed by atoms with van der Waals surface area (Å²) < 4.78 is 9.75. The van der Waals surface area contributed by atoms with Crippen LogP contribution >= 0.6 is 21.6 Å². The van der Waals surface area contributed by atoms with Crippen LogP contribution in [0.25, 0.3) is 0 Å². The van der Waals surface area contributed by atoms with Gasteiger partial charge in [0, 0.05) is 11.5 Å². The Morgan fingerprint density at radius 3 is 1.95 bits per heavy atom. The van der Waals surface area contributed by atoms with Crippen LogP contribution in [0.4, 0.5) is 0 Å². The van der Waals surface area contributed by atoms with Crippen LogP contribution in [0, 0.1) is 0 Å². The highest BCUT2D eigenvalue weighted by Gasteiger charge is 2.18. The number of ether oxygens (including phenoxy) is 2. The average Bonchev–Trinajstić information content (AvgIpc) is 2.33. The summed E-state index contributed by atoms with van der Waals surface area (Å²) in [5.41, 5.74) is 11.3. The second-order valence-corrected chi connectivity index (χ2v) is 6.57. The number of nitrogens with two attached hydrogens (primary N) is 2. The number of esters is 2. The summed E-state index contributed by atoms with van der Waals surface area (Å²) >= 11 is 0. The molecule has 19 heavy (non-hydrogen) atoms. The van der Waals surface area contributed by atoms with Crippen LogP contribution in [-0.4, -0.2) is 48.2 Å². The van der Waals surface area contributed by atoms with Crippen LogP contribution in [0.3, 0.4) is 0 Å². The zero-order valence-corrected chi connectivity index (χ0v) is 13.1. The van der Waals surface area contributed by atoms with Crippen LogP contribution in [0.2, 0.25) is 0 Å². The Hall–Kier alpha value is -0.440. The third kappa shape index (κ3) is 9.15. The van der Waals surface area contributed by atoms with Gasteiger partial charge in [-0.2, -0.15) is 0 Å². The van der Waals surface area contributed by atoms with Gasteiger partial charge >= 0.3 is 11.9 Å². The van der Waals surface area contributed by atoms with E-state index in [9.17, 15) is 9.59 Å². The maximum Gasteiger partial charge on any atom is 0.324 e. The summed E-state index contributed by atoms with van der Waals surface area (Å²) in [6.45, 7) is 5.58. The smallest absolute Gasteiger partial charge is 0.324 e. The molecule has 0 aliphatic heterocycles. The van der Waals surface area contributed by atoms with Crippen LogP contribution < -0.4 is 11.5 Å². The predicted molar refractivity (Wildman–Crippen MR) is 78.7 cm³/mol. The summed E-state index contributed by atoms with van der Waals surface area (Å²) in [5, 5.41) is 0. The van der Waals surface area contributed by atoms with Crippen LogP contribution in [0.5, 0.6) is 0 Å². The first kappa shape index (κ1) is 18.6. The van der Waals surface area contributed by atoms with E-state index in [4.69, 9.17) is 20.9 Å². The standard InChI is InChI=1S/C11H22N2O4S2/c1-4-16-10(14)8(12)5-18-19-6-9(13)11(15)17-7(2)3/h7-9H,4-6,12-13H2,1-3H3. The van der Waals surface area contributed by atoms with Crippen molar-refractivity contribution >= 4 is 33.5 Å². The first-order chi connectivity index (χ1) is 8.88. The third-order valence-electron chi connectivity index (χ3n) is 1.82. The monoisotopic (exact) mass is 310 g/mol. The molecule has 0 spiro atoms. The van der Waals surface area contributed by atoms with Crippen molar-refractivity contribution in [1.82, 2.24) is 0 Å². The Kier molecular flexibility index (Phi) is 10.1. The Bertz CT molecular complexity index is 290. The van der Waals surface area contributed by atoms with Crippen LogP contribution in [-0.2, 0) is 19.1 Å². The molecule has 0 radical (unpaired) electrons. The van der Waals surface area contributed by atoms with Crippen molar-refractivity contribution in [1.29, 1.82) is 0 Å². The summed E-state index contributed by atoms with van der Waals surface area (Å²) in [6, 6.07) is -1.32. The molecule has 0 aromatic rings. The van der Waals surface area contributed by atoms with Crippen molar-refractivity contribution in [2.45, 2.75) is 39.0 Å². The fourth-order valence-corrected chi connectivity index (χ4v) is 3.16. The second-order valence-electron chi connectivity index (χ2n) is 4.02. The largest absolute Gasteiger partial charge is 0.465 e. The number of hydrogen-bond donors (Lipinski definition) is 2. The van der Waals surface area contributed by atoms with E-state index >= 15 is 0 Å². The summed E-state index contributed by atoms with van der Waals surface area (Å²) in [6.07, 6.45) is -0.173. The van der Waals surface area contributed by atoms with Gasteiger partial charge in [-0.1, -0.05) is 21.6 Å². The maximum atomic E-state index is 11.4. The molecule has 2 atom stereocenters. The molecule has 0 aliphatic rings. The Labute approximate surface area is 121 Å². The fourth-order valence-electron chi connectivity index (χ4n) is 0.948. The molecule has 112 valence electrons. The van der Waals surface area contributed by atoms with E-state index in [1.807, 2.05) is 0 Å². The van der Waals surface area contributed by atoms with Crippen molar-refractivity contribution in [3.05, 3.63) is 0 Å². The molecule has 8 heteroatoms. The molecule has 0 saturated heterocycles. The van der Waals surface area contributed by atoms with Crippen molar-refractivity contribution in [2.75, 3.05) is 18.1 Å². The van der Waals surface area contributed by atoms with Gasteiger partial charge in [0.15, 0.2) is 0 Å². The quantitative estimate of drug-likeness (QED) is 0.361. The summed E-state index contributed by atoms with van der Waals surface area (Å²) in [7, 11) is 2.77. The number of hydrogen-bond acceptors (Lipinski definition) is 8. The van der Waals surface area contributed by atoms with E-state index in [0.29, 0.717) is 18.1 Å². The third-order valence-corrected chi connectivity index (χ3v) is 4.30. The molecule has 0 aromatic carbocycles. The summed E-state index contributed by atoms with van der Waals surface area (Å²) in [5.74, 6) is -0.0155. The lowest BCUT2D eigenvalue weighted by Gasteiger charge is -2.13. The van der Waals surface area contributed by atoms with Gasteiger partial charge in [-0.3, -0.25) is 9.59 Å². The van der Waals surface area contributed by atoms with Crippen molar-refractivity contribution in [3.8, 4) is 0 Å². The topological polar surface area (TPSA) is 105 Å². The first-order valence-corrected chi connectivity index (χ1v) is 8.50. The van der Waals surface area contributed by atoms with E-state index in [2.05, 4.69) is 0 Å². The molecule has 0 heterocycles. The van der Waals surface area contributed by atoms with Crippen molar-refractivity contribution in [3.63, 3.8) is 0 Å². The SMILES string of the molecule is CCOC(=O)C(N)CSSCC(N)C(=O)OC(C)C. The lowest BCUT2D eigenvalue weighted by molar-refractivity contribution is -0.148. The van der Waals surface area contributed by atoms with Gasteiger partial charge in [-0.15, -0.1) is 0 Å². The molecular weight excluding hydrogens is 288 g/mol. The number of rotatable bonds is 9. The summed E-state index contributed by atoms with van der Waals surface area (Å²) in [4.78, 5) is 22.6. The van der Waals surface area contributed by atoms with Crippen LogP contribution in [0.1, 0.15) is 20.8 Å². The van der Waals surface area contributed by atoms with Gasteiger partial charge in [0.2, 0.25) is 0 Å². The zero-order valence-electron chi connectivity index (χ0n) is 11.5. The normalized spacial score (nSPS) is 14.0. The van der Waals surface area contributed by atoms with Gasteiger partial charge < -0.3 is 20.9 Å². The number of carbonyl (C=O) groups excluding carboxylic acids is 2. The highest BCUT2D eigenvalue weighted by atomic mass is 33.1. The van der Waals surface area contributed by atoms with Gasteiger partial charge in [-0.25, -0.2) is 0 Å². The van der Waals surface area contributed by atoms with Crippen molar-refractivity contribution in [2.24, 2.45) is 11.5 Å². The minimum absolute atomic E-state index is 0.173.